The van der Waals surface area contributed by atoms with E-state index in [1.165, 1.54) is 23.6 Å². The van der Waals surface area contributed by atoms with Crippen molar-refractivity contribution in [3.8, 4) is 0 Å². The van der Waals surface area contributed by atoms with Crippen LogP contribution in [0.15, 0.2) is 23.8 Å². The predicted octanol–water partition coefficient (Wildman–Crippen LogP) is 3.13. The van der Waals surface area contributed by atoms with E-state index in [9.17, 15) is 9.18 Å². The van der Waals surface area contributed by atoms with Gasteiger partial charge in [0.2, 0.25) is 5.78 Å². The van der Waals surface area contributed by atoms with Crippen LogP contribution in [0, 0.1) is 19.7 Å². The average molecular weight is 235 g/mol. The van der Waals surface area contributed by atoms with Crippen molar-refractivity contribution in [2.45, 2.75) is 13.8 Å². The lowest BCUT2D eigenvalue weighted by atomic mass is 10.0. The molecule has 0 atom stereocenters. The van der Waals surface area contributed by atoms with Gasteiger partial charge >= 0.3 is 0 Å². The third-order valence-electron chi connectivity index (χ3n) is 2.31. The molecule has 0 spiro atoms. The molecule has 0 N–H and O–H groups in total. The highest BCUT2D eigenvalue weighted by Gasteiger charge is 2.18. The van der Waals surface area contributed by atoms with Gasteiger partial charge < -0.3 is 0 Å². The number of nitrogens with zero attached hydrogens (tertiary/aromatic N) is 1. The molecule has 1 aromatic carbocycles. The molecule has 2 rings (SSSR count). The third-order valence-corrected chi connectivity index (χ3v) is 3.09. The van der Waals surface area contributed by atoms with Crippen molar-refractivity contribution in [2.75, 3.05) is 0 Å². The maximum absolute atomic E-state index is 13.7. The number of carbonyl (C=O) groups is 1. The lowest BCUT2D eigenvalue weighted by Gasteiger charge is -2.06. The number of halogens is 1. The van der Waals surface area contributed by atoms with Gasteiger partial charge in [0.1, 0.15) is 5.82 Å². The molecule has 0 aliphatic carbocycles. The Labute approximate surface area is 96.8 Å². The van der Waals surface area contributed by atoms with Crippen molar-refractivity contribution in [1.82, 2.24) is 4.98 Å². The first-order chi connectivity index (χ1) is 7.59. The molecule has 2 nitrogen and oxygen atoms in total. The average Bonchev–Trinajstić information content (AvgIpc) is 2.67. The molecule has 0 saturated heterocycles. The largest absolute Gasteiger partial charge is 0.288 e. The van der Waals surface area contributed by atoms with E-state index in [1.54, 1.807) is 25.4 Å². The maximum Gasteiger partial charge on any atom is 0.207 e. The van der Waals surface area contributed by atoms with Crippen LogP contribution in [-0.2, 0) is 0 Å². The molecule has 0 radical (unpaired) electrons. The van der Waals surface area contributed by atoms with Gasteiger partial charge in [-0.15, -0.1) is 11.3 Å². The Morgan fingerprint density at radius 1 is 1.38 bits per heavy atom. The number of benzene rings is 1. The summed E-state index contributed by atoms with van der Waals surface area (Å²) < 4.78 is 13.7. The molecule has 0 amide bonds. The molecule has 0 saturated carbocycles. The van der Waals surface area contributed by atoms with Gasteiger partial charge in [-0.3, -0.25) is 9.78 Å². The molecular weight excluding hydrogens is 225 g/mol. The Morgan fingerprint density at radius 3 is 2.69 bits per heavy atom. The molecule has 0 aliphatic heterocycles. The van der Waals surface area contributed by atoms with E-state index in [0.717, 1.165) is 5.56 Å². The number of hydrogen-bond donors (Lipinski definition) is 0. The molecule has 1 aromatic heterocycles. The molecule has 2 aromatic rings. The van der Waals surface area contributed by atoms with Crippen LogP contribution in [0.2, 0.25) is 0 Å². The highest BCUT2D eigenvalue weighted by atomic mass is 32.1. The van der Waals surface area contributed by atoms with Crippen molar-refractivity contribution in [1.29, 1.82) is 0 Å². The van der Waals surface area contributed by atoms with Crippen LogP contribution in [-0.4, -0.2) is 10.8 Å². The van der Waals surface area contributed by atoms with Crippen molar-refractivity contribution >= 4 is 17.1 Å². The van der Waals surface area contributed by atoms with E-state index in [2.05, 4.69) is 4.98 Å². The van der Waals surface area contributed by atoms with Crippen LogP contribution in [0.5, 0.6) is 0 Å². The number of hydrogen-bond acceptors (Lipinski definition) is 3. The van der Waals surface area contributed by atoms with Crippen molar-refractivity contribution < 1.29 is 9.18 Å². The van der Waals surface area contributed by atoms with Gasteiger partial charge in [-0.25, -0.2) is 4.39 Å². The number of carbonyl (C=O) groups excluding carboxylic acids is 1. The van der Waals surface area contributed by atoms with Crippen molar-refractivity contribution in [3.05, 3.63) is 51.2 Å². The minimum absolute atomic E-state index is 0.148. The predicted molar refractivity (Wildman–Crippen MR) is 61.4 cm³/mol. The summed E-state index contributed by atoms with van der Waals surface area (Å²) in [6.07, 6.45) is 1.46. The second-order valence-electron chi connectivity index (χ2n) is 3.63. The number of aromatic nitrogens is 1. The lowest BCUT2D eigenvalue weighted by molar-refractivity contribution is 0.103. The van der Waals surface area contributed by atoms with Gasteiger partial charge in [0.25, 0.3) is 0 Å². The Morgan fingerprint density at radius 2 is 2.12 bits per heavy atom. The molecule has 0 unspecified atom stereocenters. The topological polar surface area (TPSA) is 30.0 Å². The maximum atomic E-state index is 13.7. The molecule has 0 bridgehead atoms. The van der Waals surface area contributed by atoms with E-state index in [0.29, 0.717) is 10.4 Å². The number of ketones is 1. The molecule has 82 valence electrons. The normalized spacial score (nSPS) is 10.4. The second-order valence-corrected chi connectivity index (χ2v) is 4.52. The van der Waals surface area contributed by atoms with Gasteiger partial charge in [-0.1, -0.05) is 6.07 Å². The molecule has 0 aliphatic rings. The van der Waals surface area contributed by atoms with Crippen LogP contribution < -0.4 is 0 Å². The molecule has 4 heteroatoms. The number of aryl methyl sites for hydroxylation is 2. The fourth-order valence-corrected chi connectivity index (χ4v) is 2.22. The Bertz CT molecular complexity index is 511. The number of rotatable bonds is 2. The van der Waals surface area contributed by atoms with Crippen molar-refractivity contribution in [2.24, 2.45) is 0 Å². The number of thiazole rings is 1. The summed E-state index contributed by atoms with van der Waals surface area (Å²) in [6, 6.07) is 3.18. The zero-order valence-electron chi connectivity index (χ0n) is 8.95. The highest BCUT2D eigenvalue weighted by molar-refractivity contribution is 7.11. The molecule has 0 fully saturated rings. The minimum atomic E-state index is -0.462. The van der Waals surface area contributed by atoms with E-state index in [1.807, 2.05) is 0 Å². The Hall–Kier alpha value is -1.55. The monoisotopic (exact) mass is 235 g/mol. The van der Waals surface area contributed by atoms with Crippen molar-refractivity contribution in [3.63, 3.8) is 0 Å². The zero-order chi connectivity index (χ0) is 11.7. The first-order valence-electron chi connectivity index (χ1n) is 4.79. The third kappa shape index (κ3) is 1.88. The quantitative estimate of drug-likeness (QED) is 0.748. The molecule has 16 heavy (non-hydrogen) atoms. The zero-order valence-corrected chi connectivity index (χ0v) is 9.77. The Kier molecular flexibility index (Phi) is 2.83. The van der Waals surface area contributed by atoms with Crippen LogP contribution in [0.3, 0.4) is 0 Å². The van der Waals surface area contributed by atoms with E-state index < -0.39 is 5.82 Å². The van der Waals surface area contributed by atoms with Gasteiger partial charge in [0.15, 0.2) is 0 Å². The molecular formula is C12H10FNOS. The fraction of sp³-hybridized carbons (Fsp3) is 0.167. The summed E-state index contributed by atoms with van der Waals surface area (Å²) in [6.45, 7) is 3.54. The Balaban J connectivity index is 2.53. The van der Waals surface area contributed by atoms with Crippen LogP contribution in [0.4, 0.5) is 4.39 Å². The van der Waals surface area contributed by atoms with Gasteiger partial charge in [0, 0.05) is 6.20 Å². The first kappa shape index (κ1) is 11.0. The van der Waals surface area contributed by atoms with E-state index >= 15 is 0 Å². The van der Waals surface area contributed by atoms with Gasteiger partial charge in [0.05, 0.1) is 16.0 Å². The van der Waals surface area contributed by atoms with Gasteiger partial charge in [-0.05, 0) is 31.0 Å². The second kappa shape index (κ2) is 4.14. The summed E-state index contributed by atoms with van der Waals surface area (Å²) in [4.78, 5) is 16.3. The summed E-state index contributed by atoms with van der Waals surface area (Å²) in [5.41, 5.74) is 3.19. The van der Waals surface area contributed by atoms with Crippen LogP contribution >= 0.6 is 11.3 Å². The summed E-state index contributed by atoms with van der Waals surface area (Å²) >= 11 is 1.22. The first-order valence-corrected chi connectivity index (χ1v) is 5.67. The summed E-state index contributed by atoms with van der Waals surface area (Å²) in [5.74, 6) is -0.756. The highest BCUT2D eigenvalue weighted by Crippen LogP contribution is 2.21. The standard InChI is InChI=1S/C12H10FNOS/c1-7-3-8(2)11(9(13)4-7)12(15)10-5-14-6-16-10/h3-6H,1-2H3. The minimum Gasteiger partial charge on any atom is -0.288 e. The lowest BCUT2D eigenvalue weighted by Crippen LogP contribution is -2.05. The summed E-state index contributed by atoms with van der Waals surface area (Å²) in [7, 11) is 0. The summed E-state index contributed by atoms with van der Waals surface area (Å²) in [5, 5.41) is 0. The van der Waals surface area contributed by atoms with Gasteiger partial charge in [-0.2, -0.15) is 0 Å². The fourth-order valence-electron chi connectivity index (χ4n) is 1.65. The van der Waals surface area contributed by atoms with E-state index in [-0.39, 0.29) is 11.3 Å². The van der Waals surface area contributed by atoms with Crippen LogP contribution in [0.25, 0.3) is 0 Å². The smallest absolute Gasteiger partial charge is 0.207 e. The van der Waals surface area contributed by atoms with E-state index in [4.69, 9.17) is 0 Å². The van der Waals surface area contributed by atoms with Crippen LogP contribution in [0.1, 0.15) is 26.4 Å². The SMILES string of the molecule is Cc1cc(C)c(C(=O)c2cncs2)c(F)c1. The molecule has 1 heterocycles.